The fourth-order valence-corrected chi connectivity index (χ4v) is 4.90. The van der Waals surface area contributed by atoms with E-state index in [0.717, 1.165) is 0 Å². The molecule has 28 heavy (non-hydrogen) atoms. The van der Waals surface area contributed by atoms with Crippen LogP contribution in [0.3, 0.4) is 0 Å². The molecular formula is C26H48N2. The molecule has 0 aliphatic heterocycles. The fourth-order valence-electron chi connectivity index (χ4n) is 4.90. The van der Waals surface area contributed by atoms with Gasteiger partial charge in [-0.05, 0) is 25.7 Å². The Hall–Kier alpha value is -0.660. The average Bonchev–Trinajstić information content (AvgIpc) is 2.68. The molecule has 0 unspecified atom stereocenters. The number of nitrogens with zero attached hydrogens (tertiary/aromatic N) is 2. The first-order valence-corrected chi connectivity index (χ1v) is 13.0. The Morgan fingerprint density at radius 2 is 0.536 bits per heavy atom. The predicted octanol–water partition coefficient (Wildman–Crippen LogP) is 8.47. The van der Waals surface area contributed by atoms with E-state index in [4.69, 9.17) is 9.98 Å². The lowest BCUT2D eigenvalue weighted by atomic mass is 9.98. The molecule has 2 aliphatic carbocycles. The summed E-state index contributed by atoms with van der Waals surface area (Å²) in [5.41, 5.74) is 0. The van der Waals surface area contributed by atoms with E-state index >= 15 is 0 Å². The molecule has 0 N–H and O–H groups in total. The van der Waals surface area contributed by atoms with Crippen molar-refractivity contribution in [2.45, 2.75) is 153 Å². The highest BCUT2D eigenvalue weighted by molar-refractivity contribution is 6.16. The molecule has 2 aliphatic rings. The van der Waals surface area contributed by atoms with Crippen molar-refractivity contribution in [3.63, 3.8) is 0 Å². The van der Waals surface area contributed by atoms with Crippen LogP contribution in [0.25, 0.3) is 0 Å². The van der Waals surface area contributed by atoms with Crippen LogP contribution in [0, 0.1) is 0 Å². The average molecular weight is 389 g/mol. The second-order valence-corrected chi connectivity index (χ2v) is 9.42. The smallest absolute Gasteiger partial charge is 0.0500 e. The molecule has 162 valence electrons. The van der Waals surface area contributed by atoms with Crippen LogP contribution < -0.4 is 0 Å². The molecule has 0 aromatic carbocycles. The van der Waals surface area contributed by atoms with E-state index in [1.54, 1.807) is 0 Å². The number of hydrogen-bond acceptors (Lipinski definition) is 2. The van der Waals surface area contributed by atoms with E-state index in [-0.39, 0.29) is 0 Å². The monoisotopic (exact) mass is 388 g/mol. The molecule has 0 amide bonds. The highest BCUT2D eigenvalue weighted by Gasteiger charge is 2.08. The molecule has 0 heterocycles. The summed E-state index contributed by atoms with van der Waals surface area (Å²) in [7, 11) is 0. The molecule has 0 radical (unpaired) electrons. The molecule has 2 rings (SSSR count). The lowest BCUT2D eigenvalue weighted by molar-refractivity contribution is 0.466. The van der Waals surface area contributed by atoms with Gasteiger partial charge in [-0.3, -0.25) is 9.98 Å². The lowest BCUT2D eigenvalue weighted by Crippen LogP contribution is -2.08. The van der Waals surface area contributed by atoms with Gasteiger partial charge in [0.25, 0.3) is 0 Å². The standard InChI is InChI=1S/C26H48N2/c1-3-7-11-15-19-25(20-16-12-8-4-1)27-23-24-28-26-21-17-13-9-5-2-6-10-14-18-22-26/h23-26H,1-22H2. The maximum Gasteiger partial charge on any atom is 0.0500 e. The Morgan fingerprint density at radius 1 is 0.321 bits per heavy atom. The first kappa shape index (κ1) is 23.6. The highest BCUT2D eigenvalue weighted by atomic mass is 14.8. The van der Waals surface area contributed by atoms with Gasteiger partial charge in [0.1, 0.15) is 0 Å². The molecule has 0 bridgehead atoms. The van der Waals surface area contributed by atoms with E-state index in [9.17, 15) is 0 Å². The fraction of sp³-hybridized carbons (Fsp3) is 0.923. The van der Waals surface area contributed by atoms with Crippen molar-refractivity contribution in [1.29, 1.82) is 0 Å². The summed E-state index contributed by atoms with van der Waals surface area (Å²) in [5.74, 6) is 0. The van der Waals surface area contributed by atoms with Crippen LogP contribution in [-0.2, 0) is 0 Å². The van der Waals surface area contributed by atoms with Crippen LogP contribution in [0.4, 0.5) is 0 Å². The van der Waals surface area contributed by atoms with Crippen molar-refractivity contribution in [1.82, 2.24) is 0 Å². The summed E-state index contributed by atoms with van der Waals surface area (Å²) in [5, 5.41) is 0. The molecule has 0 atom stereocenters. The summed E-state index contributed by atoms with van der Waals surface area (Å²) in [6, 6.07) is 1.09. The second kappa shape index (κ2) is 17.2. The largest absolute Gasteiger partial charge is 0.288 e. The Morgan fingerprint density at radius 3 is 0.786 bits per heavy atom. The molecule has 2 nitrogen and oxygen atoms in total. The topological polar surface area (TPSA) is 24.7 Å². The molecule has 0 saturated heterocycles. The zero-order chi connectivity index (χ0) is 19.5. The summed E-state index contributed by atoms with van der Waals surface area (Å²) in [6.07, 6.45) is 34.7. The van der Waals surface area contributed by atoms with E-state index < -0.39 is 0 Å². The quantitative estimate of drug-likeness (QED) is 0.433. The second-order valence-electron chi connectivity index (χ2n) is 9.42. The Balaban J connectivity index is 1.74. The van der Waals surface area contributed by atoms with Crippen molar-refractivity contribution in [3.05, 3.63) is 0 Å². The van der Waals surface area contributed by atoms with Crippen molar-refractivity contribution in [2.24, 2.45) is 9.98 Å². The zero-order valence-corrected chi connectivity index (χ0v) is 18.8. The van der Waals surface area contributed by atoms with Gasteiger partial charge in [-0.1, -0.05) is 116 Å². The van der Waals surface area contributed by atoms with Crippen molar-refractivity contribution < 1.29 is 0 Å². The van der Waals surface area contributed by atoms with Crippen LogP contribution in [0.1, 0.15) is 141 Å². The van der Waals surface area contributed by atoms with Gasteiger partial charge in [-0.25, -0.2) is 0 Å². The first-order chi connectivity index (χ1) is 13.9. The number of aliphatic imine (C=N–C) groups is 2. The maximum absolute atomic E-state index is 4.92. The third kappa shape index (κ3) is 12.7. The first-order valence-electron chi connectivity index (χ1n) is 13.0. The third-order valence-corrected chi connectivity index (χ3v) is 6.81. The SMILES string of the molecule is C(C=NC1CCCCCCCCCCC1)=NC1CCCCCCCCCCC1. The lowest BCUT2D eigenvalue weighted by Gasteiger charge is -2.14. The van der Waals surface area contributed by atoms with Gasteiger partial charge in [0.05, 0.1) is 0 Å². The molecule has 0 aromatic rings. The van der Waals surface area contributed by atoms with Gasteiger partial charge >= 0.3 is 0 Å². The Bertz CT molecular complexity index is 339. The summed E-state index contributed by atoms with van der Waals surface area (Å²) in [4.78, 5) is 9.85. The number of hydrogen-bond donors (Lipinski definition) is 0. The minimum Gasteiger partial charge on any atom is -0.288 e. The highest BCUT2D eigenvalue weighted by Crippen LogP contribution is 2.20. The summed E-state index contributed by atoms with van der Waals surface area (Å²) in [6.45, 7) is 0. The Labute approximate surface area is 176 Å². The van der Waals surface area contributed by atoms with Crippen LogP contribution in [-0.4, -0.2) is 24.5 Å². The van der Waals surface area contributed by atoms with Gasteiger partial charge < -0.3 is 0 Å². The zero-order valence-electron chi connectivity index (χ0n) is 18.8. The molecule has 0 aromatic heterocycles. The van der Waals surface area contributed by atoms with Crippen molar-refractivity contribution >= 4 is 12.4 Å². The molecule has 2 heteroatoms. The minimum absolute atomic E-state index is 0.544. The summed E-state index contributed by atoms with van der Waals surface area (Å²) < 4.78 is 0. The molecule has 2 fully saturated rings. The van der Waals surface area contributed by atoms with Gasteiger partial charge in [0.15, 0.2) is 0 Å². The van der Waals surface area contributed by atoms with Crippen LogP contribution in [0.5, 0.6) is 0 Å². The van der Waals surface area contributed by atoms with E-state index in [0.29, 0.717) is 12.1 Å². The van der Waals surface area contributed by atoms with Crippen LogP contribution in [0.15, 0.2) is 9.98 Å². The predicted molar refractivity (Wildman–Crippen MR) is 126 cm³/mol. The van der Waals surface area contributed by atoms with Crippen LogP contribution in [0.2, 0.25) is 0 Å². The van der Waals surface area contributed by atoms with Gasteiger partial charge in [-0.15, -0.1) is 0 Å². The van der Waals surface area contributed by atoms with Crippen LogP contribution >= 0.6 is 0 Å². The van der Waals surface area contributed by atoms with Gasteiger partial charge in [-0.2, -0.15) is 0 Å². The molecule has 0 spiro atoms. The van der Waals surface area contributed by atoms with E-state index in [1.165, 1.54) is 141 Å². The maximum atomic E-state index is 4.92. The van der Waals surface area contributed by atoms with E-state index in [1.807, 2.05) is 12.4 Å². The Kier molecular flexibility index (Phi) is 14.5. The summed E-state index contributed by atoms with van der Waals surface area (Å²) >= 11 is 0. The third-order valence-electron chi connectivity index (χ3n) is 6.81. The molecular weight excluding hydrogens is 340 g/mol. The van der Waals surface area contributed by atoms with Crippen molar-refractivity contribution in [3.8, 4) is 0 Å². The van der Waals surface area contributed by atoms with Gasteiger partial charge in [0, 0.05) is 24.5 Å². The molecule has 2 saturated carbocycles. The van der Waals surface area contributed by atoms with E-state index in [2.05, 4.69) is 0 Å². The number of rotatable bonds is 3. The normalized spacial score (nSPS) is 25.0. The van der Waals surface area contributed by atoms with Gasteiger partial charge in [0.2, 0.25) is 0 Å². The minimum atomic E-state index is 0.544. The van der Waals surface area contributed by atoms with Crippen molar-refractivity contribution in [2.75, 3.05) is 0 Å².